The summed E-state index contributed by atoms with van der Waals surface area (Å²) in [6, 6.07) is 0. The number of rotatable bonds is 7. The smallest absolute Gasteiger partial charge is 0.219 e. The number of nitrogens with zero attached hydrogens (tertiary/aromatic N) is 8. The van der Waals surface area contributed by atoms with Gasteiger partial charge in [-0.05, 0) is 56.4 Å². The van der Waals surface area contributed by atoms with Gasteiger partial charge in [-0.25, -0.2) is 18.7 Å². The van der Waals surface area contributed by atoms with Crippen LogP contribution in [0, 0.1) is 0 Å². The Hall–Kier alpha value is 0.490. The molecule has 1 unspecified atom stereocenters. The molecule has 0 aliphatic carbocycles. The third-order valence-corrected chi connectivity index (χ3v) is 16.7. The van der Waals surface area contributed by atoms with Gasteiger partial charge in [0, 0.05) is 19.8 Å². The number of hydrogen-bond acceptors (Lipinski definition) is 8. The van der Waals surface area contributed by atoms with Crippen molar-refractivity contribution in [2.75, 3.05) is 76.1 Å². The maximum absolute atomic E-state index is 5.39. The molecule has 0 radical (unpaired) electrons. The zero-order valence-electron chi connectivity index (χ0n) is 17.3. The molecule has 144 valence electrons. The Kier molecular flexibility index (Phi) is 7.53. The summed E-state index contributed by atoms with van der Waals surface area (Å²) in [5, 5.41) is 0. The third-order valence-electron chi connectivity index (χ3n) is 4.23. The van der Waals surface area contributed by atoms with Crippen LogP contribution in [-0.2, 0) is 0 Å². The van der Waals surface area contributed by atoms with E-state index >= 15 is 0 Å². The molecule has 1 aliphatic heterocycles. The average molecular weight is 398 g/mol. The van der Waals surface area contributed by atoms with Crippen molar-refractivity contribution in [3.05, 3.63) is 0 Å². The molecule has 0 aromatic heterocycles. The van der Waals surface area contributed by atoms with E-state index in [1.165, 1.54) is 0 Å². The van der Waals surface area contributed by atoms with Gasteiger partial charge < -0.3 is 0 Å². The molecule has 1 heterocycles. The highest BCUT2D eigenvalue weighted by Gasteiger charge is 2.41. The molecule has 0 saturated carbocycles. The normalized spacial score (nSPS) is 26.0. The molecule has 11 heteroatoms. The Morgan fingerprint density at radius 3 is 1.21 bits per heavy atom. The second kappa shape index (κ2) is 8.02. The van der Waals surface area contributed by atoms with Gasteiger partial charge in [-0.2, -0.15) is 13.5 Å². The van der Waals surface area contributed by atoms with Gasteiger partial charge in [-0.15, -0.1) is 0 Å². The first-order valence-electron chi connectivity index (χ1n) is 8.27. The predicted octanol–water partition coefficient (Wildman–Crippen LogP) is 4.14. The summed E-state index contributed by atoms with van der Waals surface area (Å²) in [6.45, 7) is 8.55. The largest absolute Gasteiger partial charge is 0.253 e. The van der Waals surface area contributed by atoms with E-state index in [-0.39, 0.29) is 0 Å². The van der Waals surface area contributed by atoms with Crippen LogP contribution >= 0.6 is 22.4 Å². The highest BCUT2D eigenvalue weighted by Crippen LogP contribution is 2.80. The van der Waals surface area contributed by atoms with Crippen LogP contribution in [0.1, 0.15) is 13.8 Å². The van der Waals surface area contributed by atoms with Gasteiger partial charge in [0.25, 0.3) is 0 Å². The Labute approximate surface area is 149 Å². The minimum atomic E-state index is -2.17. The molecule has 1 aliphatic rings. The highest BCUT2D eigenvalue weighted by atomic mass is 31.3. The van der Waals surface area contributed by atoms with Crippen LogP contribution in [0.5, 0.6) is 0 Å². The minimum Gasteiger partial charge on any atom is -0.253 e. The summed E-state index contributed by atoms with van der Waals surface area (Å²) in [4.78, 5) is 0. The zero-order valence-corrected chi connectivity index (χ0v) is 20.0. The Morgan fingerprint density at radius 1 is 0.583 bits per heavy atom. The van der Waals surface area contributed by atoms with E-state index in [1.54, 1.807) is 0 Å². The van der Waals surface area contributed by atoms with Crippen LogP contribution in [0.15, 0.2) is 13.5 Å². The standard InChI is InChI=1S/C13H37N8P3/c1-12-21(13-2)22(11)14-23(17(3)4,18(5)6)16-24(15-22,19(7)8)20(9)10/h12-13H2,1-11H3. The lowest BCUT2D eigenvalue weighted by Crippen LogP contribution is -2.28. The molecule has 0 N–H and O–H groups in total. The molecule has 0 aromatic carbocycles. The molecule has 24 heavy (non-hydrogen) atoms. The van der Waals surface area contributed by atoms with Gasteiger partial charge in [-0.3, -0.25) is 4.67 Å². The maximum atomic E-state index is 5.39. The first-order chi connectivity index (χ1) is 10.9. The Bertz CT molecular complexity index is 561. The maximum Gasteiger partial charge on any atom is 0.219 e. The fourth-order valence-electron chi connectivity index (χ4n) is 2.90. The van der Waals surface area contributed by atoms with Crippen molar-refractivity contribution in [3.8, 4) is 0 Å². The van der Waals surface area contributed by atoms with Crippen molar-refractivity contribution in [2.24, 2.45) is 13.5 Å². The summed E-state index contributed by atoms with van der Waals surface area (Å²) in [6.07, 6.45) is 0. The van der Waals surface area contributed by atoms with Gasteiger partial charge >= 0.3 is 0 Å². The van der Waals surface area contributed by atoms with Crippen LogP contribution in [0.25, 0.3) is 0 Å². The monoisotopic (exact) mass is 398 g/mol. The van der Waals surface area contributed by atoms with Crippen molar-refractivity contribution in [2.45, 2.75) is 13.8 Å². The van der Waals surface area contributed by atoms with Crippen molar-refractivity contribution < 1.29 is 0 Å². The summed E-state index contributed by atoms with van der Waals surface area (Å²) in [5.41, 5.74) is 0. The van der Waals surface area contributed by atoms with Crippen LogP contribution in [0.3, 0.4) is 0 Å². The van der Waals surface area contributed by atoms with Crippen molar-refractivity contribution in [1.82, 2.24) is 23.4 Å². The van der Waals surface area contributed by atoms with Crippen molar-refractivity contribution in [1.29, 1.82) is 0 Å². The average Bonchev–Trinajstić information content (AvgIpc) is 2.46. The van der Waals surface area contributed by atoms with E-state index in [1.807, 2.05) is 0 Å². The van der Waals surface area contributed by atoms with Gasteiger partial charge in [-0.1, -0.05) is 13.8 Å². The van der Waals surface area contributed by atoms with Gasteiger partial charge in [0.15, 0.2) is 0 Å². The zero-order chi connectivity index (χ0) is 18.9. The van der Waals surface area contributed by atoms with E-state index in [0.717, 1.165) is 13.1 Å². The van der Waals surface area contributed by atoms with E-state index < -0.39 is 22.4 Å². The molecule has 0 fully saturated rings. The summed E-state index contributed by atoms with van der Waals surface area (Å²) >= 11 is 0. The van der Waals surface area contributed by atoms with E-state index in [4.69, 9.17) is 13.5 Å². The van der Waals surface area contributed by atoms with Crippen LogP contribution < -0.4 is 0 Å². The molecular weight excluding hydrogens is 361 g/mol. The fourth-order valence-corrected chi connectivity index (χ4v) is 17.7. The lowest BCUT2D eigenvalue weighted by molar-refractivity contribution is 0.498. The van der Waals surface area contributed by atoms with E-state index in [2.05, 4.69) is 100 Å². The molecule has 0 saturated heterocycles. The predicted molar refractivity (Wildman–Crippen MR) is 112 cm³/mol. The second-order valence-corrected chi connectivity index (χ2v) is 16.5. The lowest BCUT2D eigenvalue weighted by Gasteiger charge is -2.46. The van der Waals surface area contributed by atoms with Crippen LogP contribution in [0.2, 0.25) is 0 Å². The molecule has 0 bridgehead atoms. The summed E-state index contributed by atoms with van der Waals surface area (Å²) in [5.74, 6) is 0. The van der Waals surface area contributed by atoms with Crippen LogP contribution in [0.4, 0.5) is 0 Å². The molecule has 8 nitrogen and oxygen atoms in total. The van der Waals surface area contributed by atoms with E-state index in [9.17, 15) is 0 Å². The molecule has 0 aromatic rings. The van der Waals surface area contributed by atoms with E-state index in [0.29, 0.717) is 0 Å². The summed E-state index contributed by atoms with van der Waals surface area (Å²) in [7, 11) is 10.4. The third kappa shape index (κ3) is 3.77. The Morgan fingerprint density at radius 2 is 0.917 bits per heavy atom. The number of hydrogen-bond donors (Lipinski definition) is 0. The molecule has 0 spiro atoms. The van der Waals surface area contributed by atoms with Gasteiger partial charge in [0.2, 0.25) is 15.0 Å². The van der Waals surface area contributed by atoms with Crippen molar-refractivity contribution >= 4 is 22.4 Å². The Balaban J connectivity index is 4.02. The minimum absolute atomic E-state index is 0.954. The fraction of sp³-hybridized carbons (Fsp3) is 1.00. The lowest BCUT2D eigenvalue weighted by atomic mass is 10.7. The molecule has 0 amide bonds. The highest BCUT2D eigenvalue weighted by molar-refractivity contribution is 7.83. The first kappa shape index (κ1) is 22.5. The molecule has 1 atom stereocenters. The van der Waals surface area contributed by atoms with Crippen LogP contribution in [-0.4, -0.2) is 99.5 Å². The topological polar surface area (TPSA) is 53.3 Å². The molecular formula is C13H37N8P3. The van der Waals surface area contributed by atoms with Gasteiger partial charge in [0.1, 0.15) is 7.36 Å². The first-order valence-corrected chi connectivity index (χ1v) is 13.6. The quantitative estimate of drug-likeness (QED) is 0.604. The summed E-state index contributed by atoms with van der Waals surface area (Å²) < 4.78 is 27.4. The SMILES string of the molecule is CCN(CC)P1(C)=NP(N(C)C)(N(C)C)=NP(N(C)C)(N(C)C)=N1. The second-order valence-electron chi connectivity index (χ2n) is 6.74. The van der Waals surface area contributed by atoms with Crippen molar-refractivity contribution in [3.63, 3.8) is 0 Å². The molecule has 1 rings (SSSR count). The van der Waals surface area contributed by atoms with Gasteiger partial charge in [0.05, 0.1) is 0 Å².